The van der Waals surface area contributed by atoms with Gasteiger partial charge in [0.2, 0.25) is 21.8 Å². The van der Waals surface area contributed by atoms with Crippen LogP contribution in [0.1, 0.15) is 6.42 Å². The number of amides is 2. The van der Waals surface area contributed by atoms with Crippen molar-refractivity contribution in [2.45, 2.75) is 11.3 Å². The summed E-state index contributed by atoms with van der Waals surface area (Å²) in [7, 11) is -1.96. The molecule has 0 spiro atoms. The first-order valence-electron chi connectivity index (χ1n) is 9.04. The lowest BCUT2D eigenvalue weighted by atomic mass is 10.1. The number of hydrogen-bond donors (Lipinski definition) is 0. The Morgan fingerprint density at radius 2 is 1.81 bits per heavy atom. The Labute approximate surface area is 159 Å². The number of carbonyl (C=O) groups excluding carboxylic acids is 2. The zero-order valence-electron chi connectivity index (χ0n) is 15.4. The summed E-state index contributed by atoms with van der Waals surface area (Å²) in [6.07, 6.45) is 0.213. The molecule has 1 aromatic carbocycles. The number of hydrogen-bond acceptors (Lipinski definition) is 5. The highest BCUT2D eigenvalue weighted by Crippen LogP contribution is 2.22. The van der Waals surface area contributed by atoms with Crippen LogP contribution in [0, 0.1) is 5.92 Å². The molecule has 2 aliphatic heterocycles. The second-order valence-corrected chi connectivity index (χ2v) is 8.71. The minimum Gasteiger partial charge on any atom is -0.383 e. The van der Waals surface area contributed by atoms with E-state index < -0.39 is 10.0 Å². The lowest BCUT2D eigenvalue weighted by molar-refractivity contribution is -0.137. The third-order valence-corrected chi connectivity index (χ3v) is 6.97. The lowest BCUT2D eigenvalue weighted by Crippen LogP contribution is -2.52. The number of sulfonamides is 1. The average molecular weight is 395 g/mol. The van der Waals surface area contributed by atoms with Crippen LogP contribution in [-0.2, 0) is 24.3 Å². The molecular weight excluding hydrogens is 370 g/mol. The van der Waals surface area contributed by atoms with Crippen LogP contribution >= 0.6 is 0 Å². The van der Waals surface area contributed by atoms with Gasteiger partial charge < -0.3 is 14.5 Å². The van der Waals surface area contributed by atoms with Crippen molar-refractivity contribution in [3.8, 4) is 0 Å². The number of benzene rings is 1. The predicted molar refractivity (Wildman–Crippen MR) is 98.3 cm³/mol. The largest absolute Gasteiger partial charge is 0.383 e. The van der Waals surface area contributed by atoms with Gasteiger partial charge >= 0.3 is 0 Å². The van der Waals surface area contributed by atoms with E-state index >= 15 is 0 Å². The number of methoxy groups -OCH3 is 1. The van der Waals surface area contributed by atoms with Gasteiger partial charge in [-0.1, -0.05) is 18.2 Å². The number of piperazine rings is 1. The van der Waals surface area contributed by atoms with Gasteiger partial charge in [-0.15, -0.1) is 0 Å². The van der Waals surface area contributed by atoms with Crippen LogP contribution in [0.5, 0.6) is 0 Å². The van der Waals surface area contributed by atoms with Crippen molar-refractivity contribution in [1.29, 1.82) is 0 Å². The molecular formula is C18H25N3O5S. The molecule has 0 radical (unpaired) electrons. The Balaban J connectivity index is 1.56. The van der Waals surface area contributed by atoms with Gasteiger partial charge in [-0.25, -0.2) is 8.42 Å². The van der Waals surface area contributed by atoms with E-state index in [-0.39, 0.29) is 42.1 Å². The number of nitrogens with zero attached hydrogens (tertiary/aromatic N) is 3. The van der Waals surface area contributed by atoms with E-state index in [1.54, 1.807) is 47.2 Å². The smallest absolute Gasteiger partial charge is 0.243 e. The molecule has 0 aromatic heterocycles. The van der Waals surface area contributed by atoms with Gasteiger partial charge in [0, 0.05) is 52.8 Å². The third kappa shape index (κ3) is 4.31. The Morgan fingerprint density at radius 3 is 2.44 bits per heavy atom. The van der Waals surface area contributed by atoms with Crippen molar-refractivity contribution >= 4 is 21.8 Å². The normalized spacial score (nSPS) is 21.7. The van der Waals surface area contributed by atoms with Crippen LogP contribution in [0.4, 0.5) is 0 Å². The third-order valence-electron chi connectivity index (χ3n) is 5.06. The maximum Gasteiger partial charge on any atom is 0.243 e. The number of rotatable bonds is 6. The topological polar surface area (TPSA) is 87.2 Å². The summed E-state index contributed by atoms with van der Waals surface area (Å²) in [5.41, 5.74) is 0. The summed E-state index contributed by atoms with van der Waals surface area (Å²) in [6.45, 7) is 2.55. The number of carbonyl (C=O) groups is 2. The molecule has 8 nitrogen and oxygen atoms in total. The van der Waals surface area contributed by atoms with Crippen LogP contribution in [0.25, 0.3) is 0 Å². The maximum absolute atomic E-state index is 12.7. The summed E-state index contributed by atoms with van der Waals surface area (Å²) in [5.74, 6) is -0.456. The highest BCUT2D eigenvalue weighted by molar-refractivity contribution is 7.89. The van der Waals surface area contributed by atoms with Crippen molar-refractivity contribution in [3.05, 3.63) is 30.3 Å². The van der Waals surface area contributed by atoms with Crippen molar-refractivity contribution < 1.29 is 22.7 Å². The van der Waals surface area contributed by atoms with Crippen LogP contribution in [0.15, 0.2) is 35.2 Å². The second kappa shape index (κ2) is 8.37. The summed E-state index contributed by atoms with van der Waals surface area (Å²) >= 11 is 0. The molecule has 2 saturated heterocycles. The molecule has 3 rings (SSSR count). The maximum atomic E-state index is 12.7. The fraction of sp³-hybridized carbons (Fsp3) is 0.556. The van der Waals surface area contributed by atoms with Crippen LogP contribution < -0.4 is 0 Å². The molecule has 1 aromatic rings. The lowest BCUT2D eigenvalue weighted by Gasteiger charge is -2.35. The highest BCUT2D eigenvalue weighted by Gasteiger charge is 2.38. The van der Waals surface area contributed by atoms with E-state index in [0.29, 0.717) is 32.8 Å². The molecule has 0 saturated carbocycles. The SMILES string of the molecule is COCCN1CC(C(=O)N2CCN(S(=O)(=O)c3ccccc3)CC2)CC1=O. The van der Waals surface area contributed by atoms with Gasteiger partial charge in [-0.3, -0.25) is 9.59 Å². The first-order chi connectivity index (χ1) is 12.9. The Hall–Kier alpha value is -1.97. The second-order valence-electron chi connectivity index (χ2n) is 6.78. The number of likely N-dealkylation sites (tertiary alicyclic amines) is 1. The van der Waals surface area contributed by atoms with Gasteiger partial charge in [-0.2, -0.15) is 4.31 Å². The van der Waals surface area contributed by atoms with Crippen molar-refractivity contribution in [2.24, 2.45) is 5.92 Å². The van der Waals surface area contributed by atoms with E-state index in [9.17, 15) is 18.0 Å². The Morgan fingerprint density at radius 1 is 1.15 bits per heavy atom. The Kier molecular flexibility index (Phi) is 6.13. The zero-order chi connectivity index (χ0) is 19.4. The fourth-order valence-corrected chi connectivity index (χ4v) is 4.95. The van der Waals surface area contributed by atoms with Gasteiger partial charge in [0.15, 0.2) is 0 Å². The van der Waals surface area contributed by atoms with E-state index in [0.717, 1.165) is 0 Å². The molecule has 0 N–H and O–H groups in total. The molecule has 1 atom stereocenters. The fourth-order valence-electron chi connectivity index (χ4n) is 3.50. The van der Waals surface area contributed by atoms with Gasteiger partial charge in [0.1, 0.15) is 0 Å². The highest BCUT2D eigenvalue weighted by atomic mass is 32.2. The van der Waals surface area contributed by atoms with Crippen molar-refractivity contribution in [1.82, 2.24) is 14.1 Å². The van der Waals surface area contributed by atoms with Crippen LogP contribution in [0.3, 0.4) is 0 Å². The van der Waals surface area contributed by atoms with Gasteiger partial charge in [0.05, 0.1) is 17.4 Å². The molecule has 9 heteroatoms. The summed E-state index contributed by atoms with van der Waals surface area (Å²) in [6, 6.07) is 8.31. The van der Waals surface area contributed by atoms with Crippen LogP contribution in [0.2, 0.25) is 0 Å². The van der Waals surface area contributed by atoms with E-state index in [1.165, 1.54) is 4.31 Å². The monoisotopic (exact) mass is 395 g/mol. The van der Waals surface area contributed by atoms with E-state index in [2.05, 4.69) is 0 Å². The van der Waals surface area contributed by atoms with Crippen LogP contribution in [-0.4, -0.2) is 87.3 Å². The molecule has 148 valence electrons. The molecule has 2 fully saturated rings. The standard InChI is InChI=1S/C18H25N3O5S/c1-26-12-11-20-14-15(13-17(20)22)18(23)19-7-9-21(10-8-19)27(24,25)16-5-3-2-4-6-16/h2-6,15H,7-14H2,1H3. The molecule has 0 bridgehead atoms. The molecule has 1 unspecified atom stereocenters. The molecule has 2 amide bonds. The van der Waals surface area contributed by atoms with Gasteiger partial charge in [-0.05, 0) is 12.1 Å². The first-order valence-corrected chi connectivity index (χ1v) is 10.5. The molecule has 27 heavy (non-hydrogen) atoms. The van der Waals surface area contributed by atoms with Crippen molar-refractivity contribution in [3.63, 3.8) is 0 Å². The first kappa shape index (κ1) is 19.8. The quantitative estimate of drug-likeness (QED) is 0.677. The predicted octanol–water partition coefficient (Wildman–Crippen LogP) is 0.0144. The summed E-state index contributed by atoms with van der Waals surface area (Å²) in [5, 5.41) is 0. The average Bonchev–Trinajstić information content (AvgIpc) is 3.07. The van der Waals surface area contributed by atoms with E-state index in [1.807, 2.05) is 0 Å². The molecule has 2 aliphatic rings. The van der Waals surface area contributed by atoms with Crippen molar-refractivity contribution in [2.75, 3.05) is 53.0 Å². The molecule has 2 heterocycles. The zero-order valence-corrected chi connectivity index (χ0v) is 16.2. The minimum absolute atomic E-state index is 0.0318. The minimum atomic E-state index is -3.54. The van der Waals surface area contributed by atoms with E-state index in [4.69, 9.17) is 4.74 Å². The number of ether oxygens (including phenoxy) is 1. The Bertz CT molecular complexity index is 775. The molecule has 0 aliphatic carbocycles. The van der Waals surface area contributed by atoms with Gasteiger partial charge in [0.25, 0.3) is 0 Å². The summed E-state index contributed by atoms with van der Waals surface area (Å²) in [4.78, 5) is 28.4. The summed E-state index contributed by atoms with van der Waals surface area (Å²) < 4.78 is 31.7.